The number of piperidine rings is 1. The zero-order valence-corrected chi connectivity index (χ0v) is 48.7. The molecule has 5 aromatic carbocycles. The fraction of sp³-hybridized carbons (Fsp3) is 0.393. The lowest BCUT2D eigenvalue weighted by atomic mass is 9.96. The second-order valence-corrected chi connectivity index (χ2v) is 27.2. The molecular weight excluding hydrogens is 1140 g/mol. The van der Waals surface area contributed by atoms with Gasteiger partial charge in [0.2, 0.25) is 0 Å². The summed E-state index contributed by atoms with van der Waals surface area (Å²) in [6, 6.07) is 36.0. The number of anilines is 4. The first kappa shape index (κ1) is 59.8. The van der Waals surface area contributed by atoms with Crippen LogP contribution in [-0.2, 0) is 39.4 Å². The van der Waals surface area contributed by atoms with Gasteiger partial charge in [-0.15, -0.1) is 11.8 Å². The number of nitrogens with one attached hydrogen (secondary N) is 1. The van der Waals surface area contributed by atoms with Crippen LogP contribution in [0.4, 0.5) is 35.9 Å². The Labute approximate surface area is 474 Å². The molecule has 0 aliphatic carbocycles. The Kier molecular flexibility index (Phi) is 18.9. The quantitative estimate of drug-likeness (QED) is 0.0303. The van der Waals surface area contributed by atoms with Crippen LogP contribution in [0.25, 0.3) is 22.4 Å². The fourth-order valence-electron chi connectivity index (χ4n) is 10.8. The Morgan fingerprint density at radius 2 is 1.50 bits per heavy atom. The third-order valence-corrected chi connectivity index (χ3v) is 20.8. The van der Waals surface area contributed by atoms with Crippen molar-refractivity contribution in [2.45, 2.75) is 80.1 Å². The summed E-state index contributed by atoms with van der Waals surface area (Å²) >= 11 is 7.78. The van der Waals surface area contributed by atoms with Crippen molar-refractivity contribution in [1.82, 2.24) is 9.47 Å². The lowest BCUT2D eigenvalue weighted by molar-refractivity contribution is -0.0435. The van der Waals surface area contributed by atoms with Gasteiger partial charge in [-0.25, -0.2) is 13.0 Å². The van der Waals surface area contributed by atoms with E-state index in [1.165, 1.54) is 28.6 Å². The molecule has 24 heteroatoms. The average molecular weight is 1200 g/mol. The van der Waals surface area contributed by atoms with Gasteiger partial charge in [0.05, 0.1) is 42.5 Å². The third-order valence-electron chi connectivity index (χ3n) is 14.8. The molecule has 0 spiro atoms. The third kappa shape index (κ3) is 13.6. The molecule has 3 aliphatic rings. The van der Waals surface area contributed by atoms with Crippen molar-refractivity contribution in [2.75, 3.05) is 91.3 Å². The summed E-state index contributed by atoms with van der Waals surface area (Å²) < 4.78 is 117. The molecule has 3 aliphatic heterocycles. The van der Waals surface area contributed by atoms with E-state index in [0.717, 1.165) is 56.0 Å². The van der Waals surface area contributed by atoms with Gasteiger partial charge in [0.25, 0.3) is 9.84 Å². The van der Waals surface area contributed by atoms with Gasteiger partial charge in [0, 0.05) is 107 Å². The topological polar surface area (TPSA) is 187 Å². The summed E-state index contributed by atoms with van der Waals surface area (Å²) in [6.07, 6.45) is 0.486. The maximum atomic E-state index is 15.0. The number of phosphoric ester groups is 1. The number of piperazine rings is 1. The van der Waals surface area contributed by atoms with Crippen LogP contribution in [0.15, 0.2) is 131 Å². The van der Waals surface area contributed by atoms with Crippen LogP contribution in [0.1, 0.15) is 50.4 Å². The van der Waals surface area contributed by atoms with Crippen LogP contribution in [0.2, 0.25) is 5.02 Å². The molecule has 3 saturated heterocycles. The van der Waals surface area contributed by atoms with E-state index in [4.69, 9.17) is 25.4 Å². The minimum atomic E-state index is -5.99. The Balaban J connectivity index is 0.912. The zero-order chi connectivity index (χ0) is 57.0. The molecule has 4 N–H and O–H groups in total. The SMILES string of the molecule is Cc1c(COCO)c(-c2cccc(N3CCN(c4ccc(N5CCO[P@]5(=O)c5ccc(N[C@H](CCN6CCC(OP(=O)(O)O)CC6)CSc6ccccc6)c(S(=O)(=O)C(F)(F)F)c5)cc4)CC3)c2)c(-c2ccc(Cl)cc2)n1C(C)C. The highest BCUT2D eigenvalue weighted by Gasteiger charge is 2.49. The first-order valence-corrected chi connectivity index (χ1v) is 32.4. The summed E-state index contributed by atoms with van der Waals surface area (Å²) in [4.78, 5) is 25.0. The van der Waals surface area contributed by atoms with Crippen molar-refractivity contribution < 1.29 is 59.4 Å². The summed E-state index contributed by atoms with van der Waals surface area (Å²) in [5, 5.41) is 13.2. The molecule has 430 valence electrons. The van der Waals surface area contributed by atoms with Gasteiger partial charge in [-0.05, 0) is 130 Å². The molecule has 2 atom stereocenters. The first-order chi connectivity index (χ1) is 38.1. The standard InChI is InChI=1S/C56H66ClF3N6O10P2S2/c1-39(2)66-40(3)51(36-74-38-67)54(55(66)41-12-14-43(57)15-13-41)42-8-7-9-47(34-42)64-30-28-63(29-31-64)45-16-18-46(19-17-45)65-32-33-75-77(65,68)49-20-21-52(53(35-49)80(72,73)56(58,59)60)61-44(37-79-50-10-5-4-6-11-50)22-25-62-26-23-48(24-27-62)76-78(69,70)71/h4-21,34-35,39,44,48,61,67H,22-33,36-38H2,1-3H3,(H2,69,70,71)/t44-,77-/m1/s1. The predicted octanol–water partition coefficient (Wildman–Crippen LogP) is 11.3. The number of phosphoric acid groups is 1. The second-order valence-electron chi connectivity index (χ2n) is 20.3. The highest BCUT2D eigenvalue weighted by atomic mass is 35.5. The average Bonchev–Trinajstić information content (AvgIpc) is 4.13. The Morgan fingerprint density at radius 3 is 2.14 bits per heavy atom. The number of sulfone groups is 1. The number of nitrogens with zero attached hydrogens (tertiary/aromatic N) is 5. The van der Waals surface area contributed by atoms with E-state index in [1.54, 1.807) is 12.1 Å². The minimum absolute atomic E-state index is 0.0195. The number of aliphatic hydroxyl groups is 1. The van der Waals surface area contributed by atoms with E-state index < -0.39 is 54.5 Å². The molecule has 4 heterocycles. The molecule has 80 heavy (non-hydrogen) atoms. The van der Waals surface area contributed by atoms with Crippen molar-refractivity contribution >= 4 is 76.6 Å². The van der Waals surface area contributed by atoms with Crippen LogP contribution in [-0.4, -0.2) is 122 Å². The smallest absolute Gasteiger partial charge is 0.380 e. The summed E-state index contributed by atoms with van der Waals surface area (Å²) in [7, 11) is -14.8. The van der Waals surface area contributed by atoms with Gasteiger partial charge in [0.15, 0.2) is 0 Å². The molecule has 0 bridgehead atoms. The number of halogens is 4. The van der Waals surface area contributed by atoms with E-state index in [9.17, 15) is 41.0 Å². The second kappa shape index (κ2) is 25.3. The predicted molar refractivity (Wildman–Crippen MR) is 310 cm³/mol. The highest BCUT2D eigenvalue weighted by molar-refractivity contribution is 7.99. The molecule has 9 rings (SSSR count). The number of alkyl halides is 3. The molecule has 0 amide bonds. The van der Waals surface area contributed by atoms with Crippen LogP contribution >= 0.6 is 38.7 Å². The van der Waals surface area contributed by atoms with Crippen molar-refractivity contribution in [3.63, 3.8) is 0 Å². The molecule has 3 fully saturated rings. The van der Waals surface area contributed by atoms with Gasteiger partial charge in [-0.2, -0.15) is 13.2 Å². The molecule has 0 unspecified atom stereocenters. The summed E-state index contributed by atoms with van der Waals surface area (Å²) in [5.74, 6) is 0.343. The maximum absolute atomic E-state index is 15.0. The Bertz CT molecular complexity index is 3310. The highest BCUT2D eigenvalue weighted by Crippen LogP contribution is 2.56. The van der Waals surface area contributed by atoms with Crippen molar-refractivity contribution in [2.24, 2.45) is 0 Å². The van der Waals surface area contributed by atoms with E-state index in [1.807, 2.05) is 66.7 Å². The summed E-state index contributed by atoms with van der Waals surface area (Å²) in [6.45, 7) is 10.4. The zero-order valence-electron chi connectivity index (χ0n) is 44.5. The fourth-order valence-corrected chi connectivity index (χ4v) is 15.8. The normalized spacial score (nSPS) is 18.4. The number of ether oxygens (including phenoxy) is 1. The van der Waals surface area contributed by atoms with Crippen LogP contribution < -0.4 is 25.1 Å². The Hall–Kier alpha value is -4.86. The number of aliphatic hydroxyl groups excluding tert-OH is 1. The molecule has 6 aromatic rings. The number of aromatic nitrogens is 1. The molecule has 1 aromatic heterocycles. The van der Waals surface area contributed by atoms with E-state index in [2.05, 4.69) is 69.6 Å². The van der Waals surface area contributed by atoms with Gasteiger partial charge in [0.1, 0.15) is 11.7 Å². The molecule has 0 radical (unpaired) electrons. The number of rotatable bonds is 21. The number of likely N-dealkylation sites (tertiary alicyclic amines) is 1. The van der Waals surface area contributed by atoms with Crippen LogP contribution in [0, 0.1) is 6.92 Å². The van der Waals surface area contributed by atoms with Crippen LogP contribution in [0.3, 0.4) is 0 Å². The minimum Gasteiger partial charge on any atom is -0.380 e. The number of thioether (sulfide) groups is 1. The molecular formula is C56H66ClF3N6O10P2S2. The number of hydrogen-bond acceptors (Lipinski definition) is 13. The first-order valence-electron chi connectivity index (χ1n) is 26.4. The maximum Gasteiger partial charge on any atom is 0.501 e. The van der Waals surface area contributed by atoms with Gasteiger partial charge < -0.3 is 48.7 Å². The van der Waals surface area contributed by atoms with E-state index >= 15 is 4.57 Å². The lowest BCUT2D eigenvalue weighted by Crippen LogP contribution is -2.46. The lowest BCUT2D eigenvalue weighted by Gasteiger charge is -2.37. The van der Waals surface area contributed by atoms with Crippen molar-refractivity contribution in [3.8, 4) is 22.4 Å². The van der Waals surface area contributed by atoms with E-state index in [-0.39, 0.29) is 36.8 Å². The van der Waals surface area contributed by atoms with E-state index in [0.29, 0.717) is 81.5 Å². The van der Waals surface area contributed by atoms with Crippen LogP contribution in [0.5, 0.6) is 0 Å². The largest absolute Gasteiger partial charge is 0.501 e. The summed E-state index contributed by atoms with van der Waals surface area (Å²) in [5.41, 5.74) is 2.59. The molecule has 16 nitrogen and oxygen atoms in total. The van der Waals surface area contributed by atoms with Gasteiger partial charge in [-0.3, -0.25) is 13.8 Å². The van der Waals surface area contributed by atoms with Gasteiger partial charge >= 0.3 is 20.9 Å². The molecule has 0 saturated carbocycles. The number of benzene rings is 5. The van der Waals surface area contributed by atoms with Crippen molar-refractivity contribution in [1.29, 1.82) is 0 Å². The van der Waals surface area contributed by atoms with Gasteiger partial charge in [-0.1, -0.05) is 54.1 Å². The Morgan fingerprint density at radius 1 is 0.838 bits per heavy atom. The monoisotopic (exact) mass is 1200 g/mol. The number of hydrogen-bond donors (Lipinski definition) is 4. The van der Waals surface area contributed by atoms with Crippen molar-refractivity contribution in [3.05, 3.63) is 138 Å².